The minimum atomic E-state index is -0.992. The Bertz CT molecular complexity index is 1790. The van der Waals surface area contributed by atoms with Crippen LogP contribution < -0.4 is 5.32 Å². The Hall–Kier alpha value is -4.42. The fourth-order valence-electron chi connectivity index (χ4n) is 5.71. The number of carbonyl (C=O) groups is 5. The molecule has 5 N–H and O–H groups in total. The van der Waals surface area contributed by atoms with Gasteiger partial charge < -0.3 is 25.7 Å². The number of amides is 1. The topological polar surface area (TPSA) is 178 Å². The Balaban J connectivity index is 2.08. The van der Waals surface area contributed by atoms with Crippen molar-refractivity contribution in [2.75, 3.05) is 6.26 Å². The highest BCUT2D eigenvalue weighted by molar-refractivity contribution is 8.03. The highest BCUT2D eigenvalue weighted by Gasteiger charge is 2.38. The molecule has 11 heteroatoms. The summed E-state index contributed by atoms with van der Waals surface area (Å²) in [6.07, 6.45) is 14.1. The first-order valence-corrected chi connectivity index (χ1v) is 17.9. The zero-order valence-corrected chi connectivity index (χ0v) is 30.8. The lowest BCUT2D eigenvalue weighted by atomic mass is 9.83. The van der Waals surface area contributed by atoms with Crippen molar-refractivity contribution in [3.63, 3.8) is 0 Å². The number of phenolic OH excluding ortho intramolecular Hbond substituents is 1. The third-order valence-electron chi connectivity index (χ3n) is 8.99. The second kappa shape index (κ2) is 18.2. The number of nitrogens with one attached hydrogen (secondary N) is 1. The van der Waals surface area contributed by atoms with Gasteiger partial charge in [0.15, 0.2) is 11.6 Å². The molecule has 1 aliphatic carbocycles. The number of aliphatic hydroxyl groups excluding tert-OH is 3. The number of phenols is 1. The zero-order chi connectivity index (χ0) is 38.2. The third kappa shape index (κ3) is 10.1. The molecular formula is C40H47NO9S. The van der Waals surface area contributed by atoms with E-state index in [4.69, 9.17) is 0 Å². The number of ketones is 4. The fraction of sp³-hybridized carbons (Fsp3) is 0.375. The number of thioether (sulfide) groups is 1. The molecule has 2 heterocycles. The van der Waals surface area contributed by atoms with Crippen molar-refractivity contribution in [3.05, 3.63) is 111 Å². The van der Waals surface area contributed by atoms with Crippen LogP contribution in [-0.4, -0.2) is 74.0 Å². The Morgan fingerprint density at radius 3 is 2.10 bits per heavy atom. The molecule has 4 rings (SSSR count). The summed E-state index contributed by atoms with van der Waals surface area (Å²) in [6, 6.07) is 1.32. The lowest BCUT2D eigenvalue weighted by molar-refractivity contribution is -0.118. The molecule has 3 aliphatic rings. The smallest absolute Gasteiger partial charge is 0.248 e. The number of hydrogen-bond donors (Lipinski definition) is 5. The maximum Gasteiger partial charge on any atom is 0.248 e. The number of aryl methyl sites for hydroxylation is 1. The molecule has 6 atom stereocenters. The van der Waals surface area contributed by atoms with Gasteiger partial charge in [0.25, 0.3) is 0 Å². The van der Waals surface area contributed by atoms with Crippen molar-refractivity contribution < 1.29 is 44.4 Å². The molecule has 1 amide bonds. The third-order valence-corrected chi connectivity index (χ3v) is 9.79. The van der Waals surface area contributed by atoms with Crippen molar-refractivity contribution in [2.45, 2.75) is 72.7 Å². The zero-order valence-electron chi connectivity index (χ0n) is 30.0. The van der Waals surface area contributed by atoms with Crippen molar-refractivity contribution >= 4 is 40.8 Å². The Morgan fingerprint density at radius 1 is 0.765 bits per heavy atom. The first kappa shape index (κ1) is 41.0. The van der Waals surface area contributed by atoms with E-state index in [2.05, 4.69) is 5.32 Å². The van der Waals surface area contributed by atoms with Gasteiger partial charge in [0.05, 0.1) is 28.8 Å². The molecular weight excluding hydrogens is 671 g/mol. The van der Waals surface area contributed by atoms with E-state index in [-0.39, 0.29) is 63.0 Å². The minimum Gasteiger partial charge on any atom is -0.507 e. The number of carbonyl (C=O) groups excluding carboxylic acids is 5. The summed E-state index contributed by atoms with van der Waals surface area (Å²) in [5, 5.41) is 45.7. The molecule has 0 fully saturated rings. The predicted octanol–water partition coefficient (Wildman–Crippen LogP) is 5.42. The molecule has 0 radical (unpaired) electrons. The molecule has 0 saturated carbocycles. The maximum absolute atomic E-state index is 13.9. The van der Waals surface area contributed by atoms with Crippen LogP contribution in [0.4, 0.5) is 0 Å². The standard InChI is InChI=1S/C40H47NO9S/c1-21-12-10-8-9-11-13-31(45)41-34-38(49)28-19-26(6)37(48)33(32(28)39(50)40(34)51-7)36(47)25(5)18-24(4)35(46)23(3)15-17-27(42)16-14-22(2)30(44)20-29(21)43/h8-15,17-19,21,23-24,27,29,35,42-43,46,48H,16,20H2,1-7H3,(H,41,45)/b9-8-,12-10+,13-11-,17-15+,22-14+,25-18+/t21-,23-,24-,27-,29-,35-/m0/s1. The van der Waals surface area contributed by atoms with Crippen LogP contribution in [0, 0.1) is 24.7 Å². The van der Waals surface area contributed by atoms with Crippen LogP contribution >= 0.6 is 11.8 Å². The van der Waals surface area contributed by atoms with Gasteiger partial charge in [0, 0.05) is 41.4 Å². The van der Waals surface area contributed by atoms with Crippen LogP contribution in [0.3, 0.4) is 0 Å². The van der Waals surface area contributed by atoms with Crippen molar-refractivity contribution in [1.82, 2.24) is 5.32 Å². The monoisotopic (exact) mass is 717 g/mol. The molecule has 2 aliphatic heterocycles. The van der Waals surface area contributed by atoms with Gasteiger partial charge in [-0.25, -0.2) is 0 Å². The molecule has 10 nitrogen and oxygen atoms in total. The molecule has 51 heavy (non-hydrogen) atoms. The summed E-state index contributed by atoms with van der Waals surface area (Å²) in [6.45, 7) is 9.80. The summed E-state index contributed by atoms with van der Waals surface area (Å²) in [7, 11) is 0. The molecule has 0 saturated heterocycles. The van der Waals surface area contributed by atoms with Gasteiger partial charge >= 0.3 is 0 Å². The Labute approximate surface area is 303 Å². The van der Waals surface area contributed by atoms with Gasteiger partial charge in [-0.2, -0.15) is 0 Å². The number of rotatable bonds is 1. The number of hydrogen-bond acceptors (Lipinski definition) is 10. The van der Waals surface area contributed by atoms with Gasteiger partial charge in [0.2, 0.25) is 17.5 Å². The predicted molar refractivity (Wildman–Crippen MR) is 198 cm³/mol. The normalized spacial score (nSPS) is 31.0. The van der Waals surface area contributed by atoms with Crippen LogP contribution in [0.5, 0.6) is 5.75 Å². The van der Waals surface area contributed by atoms with Crippen LogP contribution in [-0.2, 0) is 9.59 Å². The molecule has 4 bridgehead atoms. The van der Waals surface area contributed by atoms with E-state index in [0.717, 1.165) is 11.8 Å². The molecule has 0 spiro atoms. The second-order valence-electron chi connectivity index (χ2n) is 13.0. The number of benzene rings is 1. The first-order chi connectivity index (χ1) is 24.0. The summed E-state index contributed by atoms with van der Waals surface area (Å²) in [5.41, 5.74) is -0.271. The summed E-state index contributed by atoms with van der Waals surface area (Å²) >= 11 is 0.921. The van der Waals surface area contributed by atoms with Crippen LogP contribution in [0.2, 0.25) is 0 Å². The van der Waals surface area contributed by atoms with Gasteiger partial charge in [-0.1, -0.05) is 75.5 Å². The number of aliphatic hydroxyl groups is 3. The molecule has 1 aromatic carbocycles. The maximum atomic E-state index is 13.9. The quantitative estimate of drug-likeness (QED) is 0.236. The highest BCUT2D eigenvalue weighted by atomic mass is 32.2. The number of allylic oxidation sites excluding steroid dienone is 8. The number of Topliss-reactive ketones (excluding diaryl/α,β-unsaturated/α-hetero) is 4. The van der Waals surface area contributed by atoms with E-state index < -0.39 is 59.2 Å². The van der Waals surface area contributed by atoms with E-state index in [1.165, 1.54) is 44.2 Å². The fourth-order valence-corrected chi connectivity index (χ4v) is 6.34. The van der Waals surface area contributed by atoms with Crippen molar-refractivity contribution in [2.24, 2.45) is 17.8 Å². The Kier molecular flexibility index (Phi) is 14.6. The van der Waals surface area contributed by atoms with Gasteiger partial charge in [-0.05, 0) is 56.2 Å². The van der Waals surface area contributed by atoms with Gasteiger partial charge in [-0.15, -0.1) is 11.8 Å². The van der Waals surface area contributed by atoms with Crippen LogP contribution in [0.1, 0.15) is 84.1 Å². The van der Waals surface area contributed by atoms with Gasteiger partial charge in [0.1, 0.15) is 11.4 Å². The summed E-state index contributed by atoms with van der Waals surface area (Å²) in [4.78, 5) is 67.0. The second-order valence-corrected chi connectivity index (χ2v) is 13.9. The largest absolute Gasteiger partial charge is 0.507 e. The van der Waals surface area contributed by atoms with E-state index in [9.17, 15) is 44.4 Å². The average Bonchev–Trinajstić information content (AvgIpc) is 3.09. The lowest BCUT2D eigenvalue weighted by Crippen LogP contribution is -2.33. The lowest BCUT2D eigenvalue weighted by Gasteiger charge is -2.24. The number of aromatic hydroxyl groups is 1. The van der Waals surface area contributed by atoms with E-state index in [1.807, 2.05) is 0 Å². The molecule has 0 aromatic heterocycles. The van der Waals surface area contributed by atoms with E-state index >= 15 is 0 Å². The average molecular weight is 718 g/mol. The highest BCUT2D eigenvalue weighted by Crippen LogP contribution is 2.39. The summed E-state index contributed by atoms with van der Waals surface area (Å²) < 4.78 is 0. The van der Waals surface area contributed by atoms with Crippen molar-refractivity contribution in [1.29, 1.82) is 0 Å². The van der Waals surface area contributed by atoms with Crippen molar-refractivity contribution in [3.8, 4) is 5.75 Å². The molecule has 1 aromatic rings. The van der Waals surface area contributed by atoms with E-state index in [1.54, 1.807) is 70.4 Å². The molecule has 0 unspecified atom stereocenters. The van der Waals surface area contributed by atoms with Crippen LogP contribution in [0.25, 0.3) is 0 Å². The first-order valence-electron chi connectivity index (χ1n) is 16.7. The Morgan fingerprint density at radius 2 is 1.43 bits per heavy atom. The summed E-state index contributed by atoms with van der Waals surface area (Å²) in [5.74, 6) is -4.91. The van der Waals surface area contributed by atoms with Crippen LogP contribution in [0.15, 0.2) is 88.6 Å². The SMILES string of the molecule is CSC1=C2NC(=O)\C=C/C=C\C=C\[C@H](C)[C@@H](O)CC(=O)/C(C)=C/C[C@H](O)/C=C/[C@H](C)[C@H](O)[C@@H](C)/C=C(\C)C(=O)c3c(O)c(C)cc(c3C1=O)C2=O. The number of fused-ring (bicyclic) bond motifs is 18. The molecule has 272 valence electrons. The van der Waals surface area contributed by atoms with E-state index in [0.29, 0.717) is 5.57 Å². The minimum absolute atomic E-state index is 0.0985. The van der Waals surface area contributed by atoms with Gasteiger partial charge in [-0.3, -0.25) is 24.0 Å².